The molecule has 0 bridgehead atoms. The Hall–Kier alpha value is -3.59. The van der Waals surface area contributed by atoms with Crippen LogP contribution < -0.4 is 14.9 Å². The minimum absolute atomic E-state index is 0.0113. The van der Waals surface area contributed by atoms with E-state index >= 15 is 0 Å². The Bertz CT molecular complexity index is 1400. The monoisotopic (exact) mass is 649 g/mol. The zero-order chi connectivity index (χ0) is 33.8. The smallest absolute Gasteiger partial charge is 0.388 e. The van der Waals surface area contributed by atoms with Crippen molar-refractivity contribution in [3.8, 4) is 17.6 Å². The molecular weight excluding hydrogens is 607 g/mol. The first-order valence-electron chi connectivity index (χ1n) is 14.8. The average molecular weight is 650 g/mol. The van der Waals surface area contributed by atoms with Crippen molar-refractivity contribution >= 4 is 17.5 Å². The van der Waals surface area contributed by atoms with E-state index in [1.807, 2.05) is 36.4 Å². The van der Waals surface area contributed by atoms with E-state index in [4.69, 9.17) is 21.1 Å². The summed E-state index contributed by atoms with van der Waals surface area (Å²) in [6.07, 6.45) is -0.233. The number of halogens is 4. The third kappa shape index (κ3) is 12.0. The maximum absolute atomic E-state index is 10.8. The van der Waals surface area contributed by atoms with Gasteiger partial charge in [0.05, 0.1) is 22.4 Å². The number of rotatable bonds is 13. The molecule has 45 heavy (non-hydrogen) atoms. The summed E-state index contributed by atoms with van der Waals surface area (Å²) >= 11 is 6.71. The molecule has 2 aromatic carbocycles. The van der Waals surface area contributed by atoms with Crippen LogP contribution in [0.5, 0.6) is 11.5 Å². The SMILES string of the molecule is CCC(C)CC(CC)Oc1c(Cl)cc(C(C)(C)c2ccc(OCc3ccnc(NN(C)O)n3)cc2)cc1C#N.CCC(F)(F)F. The van der Waals surface area contributed by atoms with Crippen molar-refractivity contribution in [1.29, 1.82) is 5.26 Å². The van der Waals surface area contributed by atoms with Crippen LogP contribution in [0.2, 0.25) is 5.02 Å². The summed E-state index contributed by atoms with van der Waals surface area (Å²) in [6, 6.07) is 15.7. The van der Waals surface area contributed by atoms with E-state index in [1.165, 1.54) is 7.05 Å². The van der Waals surface area contributed by atoms with Crippen molar-refractivity contribution in [3.05, 3.63) is 76.1 Å². The van der Waals surface area contributed by atoms with Crippen LogP contribution in [0.25, 0.3) is 0 Å². The molecule has 12 heteroatoms. The molecule has 0 fully saturated rings. The zero-order valence-corrected chi connectivity index (χ0v) is 27.6. The van der Waals surface area contributed by atoms with Crippen LogP contribution in [0.15, 0.2) is 48.7 Å². The minimum Gasteiger partial charge on any atom is -0.487 e. The third-order valence-corrected chi connectivity index (χ3v) is 7.61. The van der Waals surface area contributed by atoms with Crippen LogP contribution in [0.4, 0.5) is 19.1 Å². The molecule has 2 unspecified atom stereocenters. The molecule has 0 spiro atoms. The van der Waals surface area contributed by atoms with Gasteiger partial charge in [0, 0.05) is 25.1 Å². The normalized spacial score (nSPS) is 12.9. The van der Waals surface area contributed by atoms with Gasteiger partial charge in [-0.1, -0.05) is 71.7 Å². The standard InChI is InChI=1S/C30H38ClN5O3.C3H5F3/c1-7-20(3)15-25(8-2)39-28-21(18-32)16-23(17-27(28)31)30(4,5)22-9-11-26(12-10-22)38-19-24-13-14-33-29(34-24)35-36(6)37;1-2-3(4,5)6/h9-14,16-17,20,25,37H,7-8,15,19H2,1-6H3,(H,33,34,35);2H2,1H3. The highest BCUT2D eigenvalue weighted by molar-refractivity contribution is 6.32. The third-order valence-electron chi connectivity index (χ3n) is 7.33. The number of hydrazine groups is 1. The second kappa shape index (κ2) is 17.2. The Morgan fingerprint density at radius 3 is 2.24 bits per heavy atom. The van der Waals surface area contributed by atoms with Crippen LogP contribution in [-0.2, 0) is 12.0 Å². The van der Waals surface area contributed by atoms with Gasteiger partial charge < -0.3 is 9.47 Å². The Kier molecular flexibility index (Phi) is 14.4. The van der Waals surface area contributed by atoms with Gasteiger partial charge in [0.2, 0.25) is 5.95 Å². The summed E-state index contributed by atoms with van der Waals surface area (Å²) in [5, 5.41) is 20.5. The fourth-order valence-corrected chi connectivity index (χ4v) is 4.47. The van der Waals surface area contributed by atoms with Crippen LogP contribution in [-0.4, -0.2) is 39.7 Å². The lowest BCUT2D eigenvalue weighted by Gasteiger charge is -2.28. The Balaban J connectivity index is 0.00000107. The number of alkyl halides is 3. The molecule has 2 N–H and O–H groups in total. The fourth-order valence-electron chi connectivity index (χ4n) is 4.20. The lowest BCUT2D eigenvalue weighted by atomic mass is 9.77. The van der Waals surface area contributed by atoms with Crippen molar-refractivity contribution in [2.24, 2.45) is 5.92 Å². The molecule has 2 atom stereocenters. The van der Waals surface area contributed by atoms with Gasteiger partial charge in [-0.2, -0.15) is 18.4 Å². The fraction of sp³-hybridized carbons (Fsp3) is 0.485. The summed E-state index contributed by atoms with van der Waals surface area (Å²) in [7, 11) is 1.43. The van der Waals surface area contributed by atoms with Gasteiger partial charge >= 0.3 is 6.18 Å². The highest BCUT2D eigenvalue weighted by atomic mass is 35.5. The molecule has 8 nitrogen and oxygen atoms in total. The van der Waals surface area contributed by atoms with Gasteiger partial charge in [0.25, 0.3) is 0 Å². The molecule has 0 aliphatic carbocycles. The molecule has 0 amide bonds. The summed E-state index contributed by atoms with van der Waals surface area (Å²) in [4.78, 5) is 8.34. The van der Waals surface area contributed by atoms with E-state index < -0.39 is 18.0 Å². The number of ether oxygens (including phenoxy) is 2. The van der Waals surface area contributed by atoms with Crippen LogP contribution >= 0.6 is 11.6 Å². The van der Waals surface area contributed by atoms with Crippen molar-refractivity contribution in [2.45, 2.75) is 91.5 Å². The van der Waals surface area contributed by atoms with E-state index in [9.17, 15) is 23.6 Å². The van der Waals surface area contributed by atoms with E-state index in [1.54, 1.807) is 12.3 Å². The number of anilines is 1. The van der Waals surface area contributed by atoms with Crippen LogP contribution in [0.3, 0.4) is 0 Å². The van der Waals surface area contributed by atoms with Crippen molar-refractivity contribution in [3.63, 3.8) is 0 Å². The highest BCUT2D eigenvalue weighted by Gasteiger charge is 2.27. The molecular formula is C33H43ClF3N5O3. The maximum Gasteiger partial charge on any atom is 0.388 e. The van der Waals surface area contributed by atoms with E-state index in [0.29, 0.717) is 33.7 Å². The van der Waals surface area contributed by atoms with E-state index in [2.05, 4.69) is 56.1 Å². The number of nitrogens with one attached hydrogen (secondary N) is 1. The molecule has 3 aromatic rings. The summed E-state index contributed by atoms with van der Waals surface area (Å²) < 4.78 is 44.5. The first-order valence-corrected chi connectivity index (χ1v) is 15.2. The average Bonchev–Trinajstić information content (AvgIpc) is 3.00. The number of nitriles is 1. The van der Waals surface area contributed by atoms with Crippen LogP contribution in [0, 0.1) is 17.2 Å². The topological polar surface area (TPSA) is 104 Å². The summed E-state index contributed by atoms with van der Waals surface area (Å²) in [6.45, 7) is 12.0. The van der Waals surface area contributed by atoms with Gasteiger partial charge in [0.15, 0.2) is 5.75 Å². The molecule has 0 aliphatic rings. The number of aromatic nitrogens is 2. The van der Waals surface area contributed by atoms with Gasteiger partial charge in [0.1, 0.15) is 18.4 Å². The first kappa shape index (κ1) is 37.6. The molecule has 3 rings (SSSR count). The number of benzene rings is 2. The van der Waals surface area contributed by atoms with E-state index in [-0.39, 0.29) is 18.7 Å². The Morgan fingerprint density at radius 1 is 1.07 bits per heavy atom. The van der Waals surface area contributed by atoms with Gasteiger partial charge in [-0.3, -0.25) is 10.6 Å². The molecule has 246 valence electrons. The maximum atomic E-state index is 10.8. The lowest BCUT2D eigenvalue weighted by molar-refractivity contribution is -0.130. The molecule has 0 radical (unpaired) electrons. The summed E-state index contributed by atoms with van der Waals surface area (Å²) in [5.41, 5.74) is 5.25. The Morgan fingerprint density at radius 2 is 1.71 bits per heavy atom. The highest BCUT2D eigenvalue weighted by Crippen LogP contribution is 2.39. The molecule has 1 heterocycles. The predicted octanol–water partition coefficient (Wildman–Crippen LogP) is 9.11. The van der Waals surface area contributed by atoms with E-state index in [0.717, 1.165) is 42.5 Å². The number of hydrogen-bond donors (Lipinski definition) is 2. The minimum atomic E-state index is -3.96. The van der Waals surface area contributed by atoms with Gasteiger partial charge in [-0.15, -0.1) is 5.17 Å². The largest absolute Gasteiger partial charge is 0.487 e. The first-order chi connectivity index (χ1) is 21.1. The number of nitrogens with zero attached hydrogens (tertiary/aromatic N) is 4. The quantitative estimate of drug-likeness (QED) is 0.177. The van der Waals surface area contributed by atoms with Crippen molar-refractivity contribution in [1.82, 2.24) is 15.1 Å². The van der Waals surface area contributed by atoms with Crippen LogP contribution in [0.1, 0.15) is 89.6 Å². The molecule has 0 aliphatic heterocycles. The molecule has 0 saturated carbocycles. The second-order valence-electron chi connectivity index (χ2n) is 11.3. The summed E-state index contributed by atoms with van der Waals surface area (Å²) in [5.74, 6) is 1.96. The van der Waals surface area contributed by atoms with Crippen molar-refractivity contribution < 1.29 is 27.9 Å². The van der Waals surface area contributed by atoms with Gasteiger partial charge in [-0.05, 0) is 60.2 Å². The molecule has 1 aromatic heterocycles. The van der Waals surface area contributed by atoms with Gasteiger partial charge in [-0.25, -0.2) is 9.97 Å². The zero-order valence-electron chi connectivity index (χ0n) is 26.9. The van der Waals surface area contributed by atoms with Crippen molar-refractivity contribution in [2.75, 3.05) is 12.5 Å². The predicted molar refractivity (Wildman–Crippen MR) is 169 cm³/mol. The lowest BCUT2D eigenvalue weighted by Crippen LogP contribution is -2.22. The number of hydroxylamine groups is 1. The molecule has 0 saturated heterocycles. The second-order valence-corrected chi connectivity index (χ2v) is 11.7. The Labute approximate surface area is 269 Å². The number of hydrogen-bond acceptors (Lipinski definition) is 8.